The van der Waals surface area contributed by atoms with Gasteiger partial charge in [-0.05, 0) is 124 Å². The van der Waals surface area contributed by atoms with E-state index in [1.807, 2.05) is 0 Å². The van der Waals surface area contributed by atoms with Crippen LogP contribution in [0.2, 0.25) is 39.3 Å². The third-order valence-corrected chi connectivity index (χ3v) is 16.8. The van der Waals surface area contributed by atoms with E-state index in [9.17, 15) is 0 Å². The van der Waals surface area contributed by atoms with Crippen molar-refractivity contribution in [2.75, 3.05) is 0 Å². The molecule has 0 bridgehead atoms. The van der Waals surface area contributed by atoms with Crippen LogP contribution >= 0.6 is 0 Å². The lowest BCUT2D eigenvalue weighted by molar-refractivity contribution is 1.47. The molecule has 0 aliphatic heterocycles. The molecular formula is C56H50Si2. The highest BCUT2D eigenvalue weighted by molar-refractivity contribution is 6.91. The van der Waals surface area contributed by atoms with Crippen LogP contribution < -0.4 is 10.4 Å². The number of aryl methyl sites for hydroxylation is 2. The summed E-state index contributed by atoms with van der Waals surface area (Å²) in [5.41, 5.74) is 12.8. The summed E-state index contributed by atoms with van der Waals surface area (Å²) in [5, 5.41) is 16.4. The predicted molar refractivity (Wildman–Crippen MR) is 262 cm³/mol. The molecule has 282 valence electrons. The van der Waals surface area contributed by atoms with Gasteiger partial charge in [-0.1, -0.05) is 206 Å². The first-order chi connectivity index (χ1) is 27.9. The van der Waals surface area contributed by atoms with Crippen molar-refractivity contribution < 1.29 is 0 Å². The van der Waals surface area contributed by atoms with E-state index in [1.54, 1.807) is 0 Å². The minimum absolute atomic E-state index is 1.25. The summed E-state index contributed by atoms with van der Waals surface area (Å²) >= 11 is 0. The van der Waals surface area contributed by atoms with E-state index in [2.05, 4.69) is 211 Å². The Morgan fingerprint density at radius 1 is 0.276 bits per heavy atom. The molecule has 10 rings (SSSR count). The maximum Gasteiger partial charge on any atom is 0.0784 e. The van der Waals surface area contributed by atoms with Crippen LogP contribution in [0.15, 0.2) is 158 Å². The van der Waals surface area contributed by atoms with Crippen LogP contribution in [-0.2, 0) is 0 Å². The van der Waals surface area contributed by atoms with Crippen molar-refractivity contribution in [1.29, 1.82) is 0 Å². The SMILES string of the molecule is Cc1ccc(-c2cc(-c3ccc([Si](C)(C)C)c4ccccc34)c3ccc4c(-c5ccc(C)cc5)cc(-c5ccc([Si](C)(C)C)c6ccccc56)c5ccc2c3c45)cc1. The first-order valence-electron chi connectivity index (χ1n) is 20.8. The standard InChI is InChI=1S/C56H50Si2/c1-35-17-21-37(22-18-35)49-33-51(41-29-31-53(57(3,4)5)43-15-11-9-13-39(41)43)47-28-26-46-50(38-23-19-36(2)20-24-38)34-52(48-27-25-45(49)55(47)56(46)48)42-30-32-54(58(6,7)8)44-16-12-10-14-40(42)44/h9-34H,1-8H3. The first-order valence-corrected chi connectivity index (χ1v) is 27.8. The summed E-state index contributed by atoms with van der Waals surface area (Å²) < 4.78 is 0. The fourth-order valence-electron chi connectivity index (χ4n) is 9.76. The summed E-state index contributed by atoms with van der Waals surface area (Å²) in [6, 6.07) is 60.9. The van der Waals surface area contributed by atoms with Crippen molar-refractivity contribution in [3.05, 3.63) is 169 Å². The minimum Gasteiger partial charge on any atom is -0.0656 e. The molecule has 0 N–H and O–H groups in total. The summed E-state index contributed by atoms with van der Waals surface area (Å²) in [4.78, 5) is 0. The summed E-state index contributed by atoms with van der Waals surface area (Å²) in [6.07, 6.45) is 0. The number of rotatable bonds is 6. The van der Waals surface area contributed by atoms with Crippen LogP contribution in [0.1, 0.15) is 11.1 Å². The molecule has 0 aliphatic rings. The third-order valence-electron chi connectivity index (χ3n) is 12.7. The van der Waals surface area contributed by atoms with E-state index in [1.165, 1.54) is 120 Å². The van der Waals surface area contributed by atoms with Gasteiger partial charge in [-0.3, -0.25) is 0 Å². The Morgan fingerprint density at radius 2 is 0.603 bits per heavy atom. The van der Waals surface area contributed by atoms with E-state index in [4.69, 9.17) is 0 Å². The van der Waals surface area contributed by atoms with Gasteiger partial charge >= 0.3 is 0 Å². The molecule has 58 heavy (non-hydrogen) atoms. The van der Waals surface area contributed by atoms with Gasteiger partial charge in [0.2, 0.25) is 0 Å². The highest BCUT2D eigenvalue weighted by Crippen LogP contribution is 2.49. The largest absolute Gasteiger partial charge is 0.0784 e. The average Bonchev–Trinajstić information content (AvgIpc) is 3.21. The van der Waals surface area contributed by atoms with Crippen LogP contribution in [-0.4, -0.2) is 16.1 Å². The zero-order valence-corrected chi connectivity index (χ0v) is 37.0. The molecule has 0 heterocycles. The van der Waals surface area contributed by atoms with Crippen molar-refractivity contribution in [1.82, 2.24) is 0 Å². The Kier molecular flexibility index (Phi) is 8.42. The summed E-state index contributed by atoms with van der Waals surface area (Å²) in [5.74, 6) is 0. The highest BCUT2D eigenvalue weighted by atomic mass is 28.3. The molecule has 0 saturated carbocycles. The summed E-state index contributed by atoms with van der Waals surface area (Å²) in [6.45, 7) is 19.1. The number of hydrogen-bond acceptors (Lipinski definition) is 0. The molecule has 0 atom stereocenters. The number of fused-ring (bicyclic) bond motifs is 2. The molecule has 2 heteroatoms. The molecule has 0 saturated heterocycles. The molecule has 0 radical (unpaired) electrons. The zero-order chi connectivity index (χ0) is 40.1. The van der Waals surface area contributed by atoms with E-state index < -0.39 is 16.1 Å². The molecule has 0 amide bonds. The van der Waals surface area contributed by atoms with Gasteiger partial charge in [-0.15, -0.1) is 0 Å². The lowest BCUT2D eigenvalue weighted by Crippen LogP contribution is -2.38. The quantitative estimate of drug-likeness (QED) is 0.116. The van der Waals surface area contributed by atoms with E-state index in [0.717, 1.165) is 0 Å². The molecule has 0 unspecified atom stereocenters. The lowest BCUT2D eigenvalue weighted by Gasteiger charge is -2.24. The smallest absolute Gasteiger partial charge is 0.0656 e. The lowest BCUT2D eigenvalue weighted by atomic mass is 9.81. The van der Waals surface area contributed by atoms with Gasteiger partial charge < -0.3 is 0 Å². The van der Waals surface area contributed by atoms with E-state index in [-0.39, 0.29) is 0 Å². The van der Waals surface area contributed by atoms with Crippen LogP contribution in [0.4, 0.5) is 0 Å². The topological polar surface area (TPSA) is 0 Å². The monoisotopic (exact) mass is 778 g/mol. The van der Waals surface area contributed by atoms with Gasteiger partial charge in [0, 0.05) is 0 Å². The van der Waals surface area contributed by atoms with Crippen molar-refractivity contribution >= 4 is 80.4 Å². The normalized spacial score (nSPS) is 12.5. The fraction of sp³-hybridized carbons (Fsp3) is 0.143. The maximum absolute atomic E-state index is 2.49. The first kappa shape index (κ1) is 36.5. The molecule has 0 aromatic heterocycles. The Balaban J connectivity index is 1.39. The Hall–Kier alpha value is -5.81. The van der Waals surface area contributed by atoms with Gasteiger partial charge in [0.1, 0.15) is 0 Å². The van der Waals surface area contributed by atoms with Gasteiger partial charge in [-0.2, -0.15) is 0 Å². The Morgan fingerprint density at radius 3 is 0.948 bits per heavy atom. The van der Waals surface area contributed by atoms with Gasteiger partial charge in [0.15, 0.2) is 0 Å². The van der Waals surface area contributed by atoms with Gasteiger partial charge in [-0.25, -0.2) is 0 Å². The number of hydrogen-bond donors (Lipinski definition) is 0. The molecular weight excluding hydrogens is 729 g/mol. The Bertz CT molecular complexity index is 3010. The molecule has 0 aliphatic carbocycles. The second-order valence-corrected chi connectivity index (χ2v) is 28.7. The van der Waals surface area contributed by atoms with Crippen LogP contribution in [0, 0.1) is 13.8 Å². The zero-order valence-electron chi connectivity index (χ0n) is 35.0. The number of benzene rings is 10. The predicted octanol–water partition coefficient (Wildman–Crippen LogP) is 15.3. The van der Waals surface area contributed by atoms with Crippen molar-refractivity contribution in [2.24, 2.45) is 0 Å². The third kappa shape index (κ3) is 5.84. The van der Waals surface area contributed by atoms with Crippen LogP contribution in [0.5, 0.6) is 0 Å². The molecule has 10 aromatic rings. The highest BCUT2D eigenvalue weighted by Gasteiger charge is 2.26. The summed E-state index contributed by atoms with van der Waals surface area (Å²) in [7, 11) is -3.22. The van der Waals surface area contributed by atoms with Crippen molar-refractivity contribution in [3.8, 4) is 44.5 Å². The molecule has 0 nitrogen and oxygen atoms in total. The Labute approximate surface area is 345 Å². The second kappa shape index (κ2) is 13.4. The average molecular weight is 779 g/mol. The van der Waals surface area contributed by atoms with E-state index in [0.29, 0.717) is 0 Å². The van der Waals surface area contributed by atoms with Crippen molar-refractivity contribution in [2.45, 2.75) is 53.1 Å². The van der Waals surface area contributed by atoms with Crippen LogP contribution in [0.25, 0.3) is 98.4 Å². The maximum atomic E-state index is 2.49. The minimum atomic E-state index is -1.61. The van der Waals surface area contributed by atoms with Gasteiger partial charge in [0.25, 0.3) is 0 Å². The second-order valence-electron chi connectivity index (χ2n) is 18.7. The molecule has 0 spiro atoms. The van der Waals surface area contributed by atoms with Crippen molar-refractivity contribution in [3.63, 3.8) is 0 Å². The fourth-order valence-corrected chi connectivity index (χ4v) is 13.0. The van der Waals surface area contributed by atoms with E-state index >= 15 is 0 Å². The van der Waals surface area contributed by atoms with Crippen LogP contribution in [0.3, 0.4) is 0 Å². The van der Waals surface area contributed by atoms with Gasteiger partial charge in [0.05, 0.1) is 16.1 Å². The molecule has 10 aromatic carbocycles. The molecule has 0 fully saturated rings.